The zero-order valence-corrected chi connectivity index (χ0v) is 34.8. The Labute approximate surface area is 355 Å². The molecular weight excluding hydrogens is 811 g/mol. The Balaban J connectivity index is 0.000000205. The van der Waals surface area contributed by atoms with E-state index in [-0.39, 0.29) is 21.6 Å². The van der Waals surface area contributed by atoms with E-state index in [9.17, 15) is 26.4 Å². The summed E-state index contributed by atoms with van der Waals surface area (Å²) in [5.74, 6) is -0.729. The summed E-state index contributed by atoms with van der Waals surface area (Å²) in [4.78, 5) is 26.5. The molecule has 6 N–H and O–H groups in total. The molecule has 0 saturated heterocycles. The molecule has 0 unspecified atom stereocenters. The summed E-state index contributed by atoms with van der Waals surface area (Å²) in [6.07, 6.45) is 11.5. The maximum Gasteiger partial charge on any atom is 0.267 e. The zero-order chi connectivity index (χ0) is 43.6. The number of amides is 2. The van der Waals surface area contributed by atoms with E-state index in [1.165, 1.54) is 43.0 Å². The van der Waals surface area contributed by atoms with Crippen molar-refractivity contribution in [1.82, 2.24) is 7.94 Å². The molecule has 0 aliphatic heterocycles. The molecule has 310 valence electrons. The van der Waals surface area contributed by atoms with Gasteiger partial charge in [-0.3, -0.25) is 9.59 Å². The lowest BCUT2D eigenvalue weighted by molar-refractivity contribution is -0.112. The second-order valence-electron chi connectivity index (χ2n) is 13.7. The van der Waals surface area contributed by atoms with Crippen LogP contribution < -0.4 is 27.0 Å². The van der Waals surface area contributed by atoms with Gasteiger partial charge in [0.1, 0.15) is 0 Å². The maximum absolute atomic E-state index is 13.0. The van der Waals surface area contributed by atoms with E-state index in [0.717, 1.165) is 24.8 Å². The van der Waals surface area contributed by atoms with E-state index in [4.69, 9.17) is 11.5 Å². The predicted octanol–water partition coefficient (Wildman–Crippen LogP) is 7.65. The molecule has 2 heterocycles. The molecule has 13 nitrogen and oxygen atoms in total. The number of nitrogens with two attached hydrogens (primary N) is 2. The molecular formula is C46H43N7O6S2. The number of anilines is 5. The average molecular weight is 854 g/mol. The van der Waals surface area contributed by atoms with Crippen LogP contribution in [0.4, 0.5) is 28.4 Å². The second-order valence-corrected chi connectivity index (χ2v) is 17.3. The molecule has 0 bridgehead atoms. The summed E-state index contributed by atoms with van der Waals surface area (Å²) in [6.45, 7) is 0. The average Bonchev–Trinajstić information content (AvgIpc) is 3.96. The van der Waals surface area contributed by atoms with Crippen LogP contribution in [0.1, 0.15) is 11.1 Å². The SMILES string of the molecule is CN(C)c1ccc(S(=O)(=O)n2ccc(/C=C/C(=O)Nc3ccccc3N)c2)cc1.Nc1ccccc1NC(=O)/C=C/c1ccn(S(=O)(=O)c2ccc(-c3ccccc3)cc2)c1. The third-order valence-corrected chi connectivity index (χ3v) is 12.4. The van der Waals surface area contributed by atoms with Gasteiger partial charge in [-0.1, -0.05) is 66.7 Å². The molecule has 0 fully saturated rings. The highest BCUT2D eigenvalue weighted by molar-refractivity contribution is 7.90. The van der Waals surface area contributed by atoms with Gasteiger partial charge in [-0.05, 0) is 107 Å². The van der Waals surface area contributed by atoms with Gasteiger partial charge in [0.25, 0.3) is 20.0 Å². The van der Waals surface area contributed by atoms with Crippen molar-refractivity contribution in [3.63, 3.8) is 0 Å². The molecule has 7 aromatic rings. The molecule has 61 heavy (non-hydrogen) atoms. The highest BCUT2D eigenvalue weighted by Gasteiger charge is 2.18. The van der Waals surface area contributed by atoms with Gasteiger partial charge < -0.3 is 27.0 Å². The number of carbonyl (C=O) groups is 2. The summed E-state index contributed by atoms with van der Waals surface area (Å²) < 4.78 is 53.7. The van der Waals surface area contributed by atoms with Gasteiger partial charge in [-0.15, -0.1) is 0 Å². The van der Waals surface area contributed by atoms with Crippen LogP contribution >= 0.6 is 0 Å². The highest BCUT2D eigenvalue weighted by Crippen LogP contribution is 2.24. The largest absolute Gasteiger partial charge is 0.397 e. The predicted molar refractivity (Wildman–Crippen MR) is 244 cm³/mol. The number of para-hydroxylation sites is 4. The lowest BCUT2D eigenvalue weighted by Crippen LogP contribution is -2.12. The quantitative estimate of drug-likeness (QED) is 0.0706. The van der Waals surface area contributed by atoms with Crippen molar-refractivity contribution < 1.29 is 26.4 Å². The smallest absolute Gasteiger partial charge is 0.267 e. The molecule has 0 saturated carbocycles. The lowest BCUT2D eigenvalue weighted by Gasteiger charge is -2.13. The van der Waals surface area contributed by atoms with Crippen molar-refractivity contribution in [2.45, 2.75) is 9.79 Å². The van der Waals surface area contributed by atoms with Crippen molar-refractivity contribution in [2.24, 2.45) is 0 Å². The van der Waals surface area contributed by atoms with Crippen LogP contribution in [0, 0.1) is 0 Å². The number of carbonyl (C=O) groups excluding carboxylic acids is 2. The Morgan fingerprint density at radius 3 is 1.34 bits per heavy atom. The minimum atomic E-state index is -3.74. The number of benzene rings is 5. The van der Waals surface area contributed by atoms with E-state index in [0.29, 0.717) is 33.9 Å². The molecule has 0 radical (unpaired) electrons. The molecule has 7 rings (SSSR count). The number of nitrogens with one attached hydrogen (secondary N) is 2. The van der Waals surface area contributed by atoms with Gasteiger partial charge in [0.2, 0.25) is 11.8 Å². The van der Waals surface area contributed by atoms with Gasteiger partial charge >= 0.3 is 0 Å². The molecule has 0 spiro atoms. The zero-order valence-electron chi connectivity index (χ0n) is 33.2. The van der Waals surface area contributed by atoms with Crippen LogP contribution in [0.3, 0.4) is 0 Å². The first-order valence-electron chi connectivity index (χ1n) is 18.7. The highest BCUT2D eigenvalue weighted by atomic mass is 32.2. The summed E-state index contributed by atoms with van der Waals surface area (Å²) >= 11 is 0. The van der Waals surface area contributed by atoms with Crippen LogP contribution in [0.5, 0.6) is 0 Å². The fraction of sp³-hybridized carbons (Fsp3) is 0.0435. The number of hydrogen-bond donors (Lipinski definition) is 4. The molecule has 0 aliphatic carbocycles. The van der Waals surface area contributed by atoms with Gasteiger partial charge in [-0.25, -0.2) is 24.8 Å². The Bertz CT molecular complexity index is 2920. The summed E-state index contributed by atoms with van der Waals surface area (Å²) in [5, 5.41) is 5.36. The summed E-state index contributed by atoms with van der Waals surface area (Å²) in [5.41, 5.74) is 17.6. The fourth-order valence-corrected chi connectivity index (χ4v) is 8.22. The van der Waals surface area contributed by atoms with Crippen molar-refractivity contribution in [2.75, 3.05) is 41.1 Å². The number of nitrogen functional groups attached to an aromatic ring is 2. The first-order valence-corrected chi connectivity index (χ1v) is 21.6. The normalized spacial score (nSPS) is 11.5. The van der Waals surface area contributed by atoms with E-state index in [1.807, 2.05) is 49.3 Å². The Morgan fingerprint density at radius 1 is 0.525 bits per heavy atom. The number of nitrogens with zero attached hydrogens (tertiary/aromatic N) is 3. The molecule has 2 amide bonds. The topological polar surface area (TPSA) is 192 Å². The van der Waals surface area contributed by atoms with E-state index in [1.54, 1.807) is 115 Å². The lowest BCUT2D eigenvalue weighted by atomic mass is 10.1. The Kier molecular flexibility index (Phi) is 13.4. The van der Waals surface area contributed by atoms with Crippen LogP contribution in [0.25, 0.3) is 23.3 Å². The second kappa shape index (κ2) is 19.0. The monoisotopic (exact) mass is 853 g/mol. The molecule has 5 aromatic carbocycles. The van der Waals surface area contributed by atoms with Gasteiger partial charge in [0.15, 0.2) is 0 Å². The Hall–Kier alpha value is -7.62. The third kappa shape index (κ3) is 10.9. The van der Waals surface area contributed by atoms with Crippen molar-refractivity contribution in [3.8, 4) is 11.1 Å². The van der Waals surface area contributed by atoms with Gasteiger partial charge in [-0.2, -0.15) is 0 Å². The van der Waals surface area contributed by atoms with Crippen LogP contribution in [-0.2, 0) is 29.6 Å². The Morgan fingerprint density at radius 2 is 0.918 bits per heavy atom. The van der Waals surface area contributed by atoms with Crippen molar-refractivity contribution in [3.05, 3.63) is 188 Å². The van der Waals surface area contributed by atoms with E-state index in [2.05, 4.69) is 10.6 Å². The van der Waals surface area contributed by atoms with Gasteiger partial charge in [0.05, 0.1) is 32.5 Å². The maximum atomic E-state index is 13.0. The third-order valence-electron chi connectivity index (χ3n) is 9.14. The van der Waals surface area contributed by atoms with Crippen LogP contribution in [0.2, 0.25) is 0 Å². The molecule has 15 heteroatoms. The minimum absolute atomic E-state index is 0.181. The number of rotatable bonds is 12. The van der Waals surface area contributed by atoms with E-state index >= 15 is 0 Å². The first-order chi connectivity index (χ1) is 29.2. The fourth-order valence-electron chi connectivity index (χ4n) is 5.81. The standard InChI is InChI=1S/C25H21N3O3S.C21H22N4O3S/c26-23-8-4-5-9-24(23)27-25(29)15-10-19-16-17-28(18-19)32(30,31)22-13-11-21(12-14-22)20-6-2-1-3-7-20;1-24(2)17-8-10-18(11-9-17)29(27,28)25-14-13-16(15-25)7-12-21(26)23-20-6-4-3-5-19(20)22/h1-18H,26H2,(H,27,29);3-15H,22H2,1-2H3,(H,23,26)/b15-10+;12-7+. The molecule has 0 atom stereocenters. The van der Waals surface area contributed by atoms with Crippen LogP contribution in [-0.4, -0.2) is 50.7 Å². The number of hydrogen-bond acceptors (Lipinski definition) is 9. The van der Waals surface area contributed by atoms with Crippen molar-refractivity contribution >= 4 is 72.4 Å². The van der Waals surface area contributed by atoms with Crippen molar-refractivity contribution in [1.29, 1.82) is 0 Å². The van der Waals surface area contributed by atoms with Gasteiger partial charge in [0, 0.05) is 56.7 Å². The molecule has 2 aromatic heterocycles. The van der Waals surface area contributed by atoms with Crippen LogP contribution in [0.15, 0.2) is 186 Å². The number of aromatic nitrogens is 2. The minimum Gasteiger partial charge on any atom is -0.397 e. The first kappa shape index (κ1) is 43.0. The summed E-state index contributed by atoms with van der Waals surface area (Å²) in [7, 11) is -3.68. The summed E-state index contributed by atoms with van der Waals surface area (Å²) in [6, 6.07) is 40.2. The molecule has 0 aliphatic rings. The van der Waals surface area contributed by atoms with E-state index < -0.39 is 20.0 Å².